The third-order valence-corrected chi connectivity index (χ3v) is 5.84. The molecule has 0 radical (unpaired) electrons. The van der Waals surface area contributed by atoms with Crippen LogP contribution in [0.4, 0.5) is 5.69 Å². The molecule has 4 heteroatoms. The highest BCUT2D eigenvalue weighted by Gasteiger charge is 2.27. The van der Waals surface area contributed by atoms with Gasteiger partial charge in [-0.3, -0.25) is 0 Å². The van der Waals surface area contributed by atoms with Crippen LogP contribution in [0.15, 0.2) is 42.5 Å². The summed E-state index contributed by atoms with van der Waals surface area (Å²) >= 11 is 6.16. The van der Waals surface area contributed by atoms with Gasteiger partial charge in [0.05, 0.1) is 11.6 Å². The highest BCUT2D eigenvalue weighted by molar-refractivity contribution is 6.30. The second-order valence-electron chi connectivity index (χ2n) is 7.07. The maximum atomic E-state index is 6.16. The van der Waals surface area contributed by atoms with E-state index in [0.717, 1.165) is 49.6 Å². The predicted molar refractivity (Wildman–Crippen MR) is 105 cm³/mol. The van der Waals surface area contributed by atoms with E-state index in [-0.39, 0.29) is 0 Å². The van der Waals surface area contributed by atoms with Gasteiger partial charge in [0, 0.05) is 41.3 Å². The summed E-state index contributed by atoms with van der Waals surface area (Å²) in [6.07, 6.45) is 3.37. The van der Waals surface area contributed by atoms with Crippen molar-refractivity contribution < 1.29 is 0 Å². The molecule has 2 aliphatic rings. The number of aryl methyl sites for hydroxylation is 1. The molecule has 0 aliphatic carbocycles. The summed E-state index contributed by atoms with van der Waals surface area (Å²) in [5.41, 5.74) is 7.07. The Morgan fingerprint density at radius 2 is 1.96 bits per heavy atom. The highest BCUT2D eigenvalue weighted by atomic mass is 35.5. The fourth-order valence-corrected chi connectivity index (χ4v) is 4.73. The number of anilines is 1. The number of hydrogen-bond acceptors (Lipinski definition) is 2. The van der Waals surface area contributed by atoms with Crippen molar-refractivity contribution in [3.05, 3.63) is 64.3 Å². The molecular weight excluding hydrogens is 330 g/mol. The Balaban J connectivity index is 1.61. The van der Waals surface area contributed by atoms with Gasteiger partial charge in [0.15, 0.2) is 0 Å². The number of nitrogens with zero attached hydrogens (tertiary/aromatic N) is 1. The lowest BCUT2D eigenvalue weighted by Gasteiger charge is -2.28. The Morgan fingerprint density at radius 3 is 2.88 bits per heavy atom. The number of nitrogens with one attached hydrogen (secondary N) is 2. The van der Waals surface area contributed by atoms with E-state index >= 15 is 0 Å². The van der Waals surface area contributed by atoms with Crippen molar-refractivity contribution in [1.82, 2.24) is 9.88 Å². The Morgan fingerprint density at radius 1 is 1.08 bits per heavy atom. The molecule has 0 saturated heterocycles. The van der Waals surface area contributed by atoms with E-state index in [9.17, 15) is 0 Å². The summed E-state index contributed by atoms with van der Waals surface area (Å²) in [5.74, 6) is 0. The van der Waals surface area contributed by atoms with E-state index < -0.39 is 0 Å². The first-order valence-electron chi connectivity index (χ1n) is 9.17. The number of fused-ring (bicyclic) bond motifs is 3. The van der Waals surface area contributed by atoms with Gasteiger partial charge < -0.3 is 15.2 Å². The van der Waals surface area contributed by atoms with Crippen LogP contribution in [0, 0.1) is 0 Å². The summed E-state index contributed by atoms with van der Waals surface area (Å²) in [5, 5.41) is 9.47. The molecule has 0 fully saturated rings. The fraction of sp³-hybridized carbons (Fsp3) is 0.333. The molecule has 3 nitrogen and oxygen atoms in total. The van der Waals surface area contributed by atoms with Crippen LogP contribution >= 0.6 is 11.6 Å². The van der Waals surface area contributed by atoms with Crippen molar-refractivity contribution in [1.29, 1.82) is 0 Å². The van der Waals surface area contributed by atoms with Gasteiger partial charge in [0.25, 0.3) is 0 Å². The minimum Gasteiger partial charge on any atom is -0.378 e. The predicted octanol–water partition coefficient (Wildman–Crippen LogP) is 4.54. The number of para-hydroxylation sites is 1. The molecular formula is C21H22ClN3. The summed E-state index contributed by atoms with van der Waals surface area (Å²) < 4.78 is 2.59. The topological polar surface area (TPSA) is 29.0 Å². The first-order chi connectivity index (χ1) is 12.3. The van der Waals surface area contributed by atoms with E-state index in [1.165, 1.54) is 16.5 Å². The molecule has 1 unspecified atom stereocenters. The number of halogens is 1. The van der Waals surface area contributed by atoms with Gasteiger partial charge in [-0.25, -0.2) is 0 Å². The summed E-state index contributed by atoms with van der Waals surface area (Å²) in [6.45, 7) is 3.25. The van der Waals surface area contributed by atoms with Crippen LogP contribution in [0.3, 0.4) is 0 Å². The van der Waals surface area contributed by atoms with E-state index in [0.29, 0.717) is 6.04 Å². The maximum Gasteiger partial charge on any atom is 0.0551 e. The van der Waals surface area contributed by atoms with Gasteiger partial charge in [-0.15, -0.1) is 0 Å². The van der Waals surface area contributed by atoms with Gasteiger partial charge in [0.1, 0.15) is 0 Å². The van der Waals surface area contributed by atoms with Crippen molar-refractivity contribution in [2.24, 2.45) is 0 Å². The lowest BCUT2D eigenvalue weighted by molar-refractivity contribution is 0.553. The normalized spacial score (nSPS) is 19.5. The third kappa shape index (κ3) is 2.54. The van der Waals surface area contributed by atoms with Crippen LogP contribution in [0.25, 0.3) is 10.9 Å². The molecule has 128 valence electrons. The zero-order chi connectivity index (χ0) is 16.8. The Hall–Kier alpha value is -1.97. The monoisotopic (exact) mass is 351 g/mol. The molecule has 0 bridgehead atoms. The standard InChI is InChI=1S/C21H22ClN3/c22-14-3-1-4-15(13-14)24-19-9-12-25-20-8-11-23-10-7-16(20)17-5-2-6-18(19)21(17)25/h1-6,13,19,23-24H,7-12H2. The summed E-state index contributed by atoms with van der Waals surface area (Å²) in [6, 6.07) is 15.2. The second kappa shape index (κ2) is 6.08. The first-order valence-corrected chi connectivity index (χ1v) is 9.55. The lowest BCUT2D eigenvalue weighted by atomic mass is 9.97. The molecule has 2 N–H and O–H groups in total. The minimum atomic E-state index is 0.339. The van der Waals surface area contributed by atoms with Crippen LogP contribution in [0.5, 0.6) is 0 Å². The third-order valence-electron chi connectivity index (χ3n) is 5.61. The van der Waals surface area contributed by atoms with Crippen molar-refractivity contribution in [3.63, 3.8) is 0 Å². The molecule has 25 heavy (non-hydrogen) atoms. The Labute approximate surface area is 153 Å². The maximum absolute atomic E-state index is 6.16. The molecule has 2 aromatic carbocycles. The van der Waals surface area contributed by atoms with Crippen molar-refractivity contribution in [2.45, 2.75) is 31.8 Å². The average Bonchev–Trinajstić information content (AvgIpc) is 2.78. The van der Waals surface area contributed by atoms with Gasteiger partial charge in [-0.05, 0) is 48.7 Å². The van der Waals surface area contributed by atoms with E-state index in [1.807, 2.05) is 18.2 Å². The van der Waals surface area contributed by atoms with Crippen LogP contribution in [-0.4, -0.2) is 17.7 Å². The minimum absolute atomic E-state index is 0.339. The smallest absolute Gasteiger partial charge is 0.0551 e. The van der Waals surface area contributed by atoms with Gasteiger partial charge in [-0.2, -0.15) is 0 Å². The Bertz CT molecular complexity index is 944. The fourth-order valence-electron chi connectivity index (χ4n) is 4.54. The first kappa shape index (κ1) is 15.3. The lowest BCUT2D eigenvalue weighted by Crippen LogP contribution is -2.21. The quantitative estimate of drug-likeness (QED) is 0.709. The zero-order valence-corrected chi connectivity index (χ0v) is 14.9. The van der Waals surface area contributed by atoms with Crippen LogP contribution in [0.2, 0.25) is 5.02 Å². The zero-order valence-electron chi connectivity index (χ0n) is 14.2. The molecule has 0 spiro atoms. The number of rotatable bonds is 2. The van der Waals surface area contributed by atoms with Gasteiger partial charge >= 0.3 is 0 Å². The molecule has 0 amide bonds. The number of aromatic nitrogens is 1. The van der Waals surface area contributed by atoms with E-state index in [2.05, 4.69) is 39.5 Å². The van der Waals surface area contributed by atoms with E-state index in [4.69, 9.17) is 11.6 Å². The van der Waals surface area contributed by atoms with Crippen molar-refractivity contribution >= 4 is 28.2 Å². The molecule has 0 saturated carbocycles. The molecule has 1 atom stereocenters. The molecule has 1 aromatic heterocycles. The van der Waals surface area contributed by atoms with Crippen LogP contribution in [0.1, 0.15) is 29.3 Å². The van der Waals surface area contributed by atoms with Gasteiger partial charge in [0.2, 0.25) is 0 Å². The largest absolute Gasteiger partial charge is 0.378 e. The van der Waals surface area contributed by atoms with E-state index in [1.54, 1.807) is 11.3 Å². The number of benzene rings is 2. The molecule has 3 aromatic rings. The molecule has 5 rings (SSSR count). The SMILES string of the molecule is Clc1cccc(NC2CCn3c4c(c5cccc2c53)CCNCC4)c1. The summed E-state index contributed by atoms with van der Waals surface area (Å²) in [4.78, 5) is 0. The van der Waals surface area contributed by atoms with Crippen molar-refractivity contribution in [3.8, 4) is 0 Å². The number of hydrogen-bond donors (Lipinski definition) is 2. The second-order valence-corrected chi connectivity index (χ2v) is 7.50. The van der Waals surface area contributed by atoms with Crippen LogP contribution < -0.4 is 10.6 Å². The molecule has 3 heterocycles. The highest BCUT2D eigenvalue weighted by Crippen LogP contribution is 2.39. The van der Waals surface area contributed by atoms with Crippen molar-refractivity contribution in [2.75, 3.05) is 18.4 Å². The van der Waals surface area contributed by atoms with Crippen LogP contribution in [-0.2, 0) is 19.4 Å². The molecule has 2 aliphatic heterocycles. The Kier molecular flexibility index (Phi) is 3.72. The van der Waals surface area contributed by atoms with Gasteiger partial charge in [-0.1, -0.05) is 35.9 Å². The average molecular weight is 352 g/mol. The summed E-state index contributed by atoms with van der Waals surface area (Å²) in [7, 11) is 0.